The first-order valence-corrected chi connectivity index (χ1v) is 15.2. The van der Waals surface area contributed by atoms with Crippen LogP contribution in [0.3, 0.4) is 0 Å². The van der Waals surface area contributed by atoms with Gasteiger partial charge in [0.05, 0.1) is 43.5 Å². The van der Waals surface area contributed by atoms with Crippen LogP contribution in [-0.2, 0) is 0 Å². The molecule has 0 unspecified atom stereocenters. The molecule has 0 atom stereocenters. The molecule has 0 aliphatic carbocycles. The first kappa shape index (κ1) is 27.7. The average molecular weight is 608 g/mol. The Balaban J connectivity index is 1.35. The van der Waals surface area contributed by atoms with Crippen molar-refractivity contribution in [3.8, 4) is 33.9 Å². The predicted molar refractivity (Wildman–Crippen MR) is 172 cm³/mol. The van der Waals surface area contributed by atoms with Gasteiger partial charge in [-0.1, -0.05) is 42.5 Å². The Bertz CT molecular complexity index is 2010. The lowest BCUT2D eigenvalue weighted by Crippen LogP contribution is -2.60. The third-order valence-corrected chi connectivity index (χ3v) is 9.08. The maximum atomic E-state index is 13.6. The molecule has 1 fully saturated rings. The number of rotatable bonds is 7. The number of benzene rings is 3. The van der Waals surface area contributed by atoms with Crippen LogP contribution in [-0.4, -0.2) is 43.5 Å². The summed E-state index contributed by atoms with van der Waals surface area (Å²) in [4.78, 5) is 21.3. The Morgan fingerprint density at radius 2 is 1.80 bits per heavy atom. The quantitative estimate of drug-likeness (QED) is 0.211. The van der Waals surface area contributed by atoms with Gasteiger partial charge >= 0.3 is 5.88 Å². The van der Waals surface area contributed by atoms with Gasteiger partial charge in [-0.25, -0.2) is 4.98 Å². The Morgan fingerprint density at radius 3 is 2.61 bits per heavy atom. The molecule has 0 radical (unpaired) electrons. The Labute approximate surface area is 257 Å². The minimum Gasteiger partial charge on any atom is -0.497 e. The van der Waals surface area contributed by atoms with Gasteiger partial charge in [-0.15, -0.1) is 11.3 Å². The van der Waals surface area contributed by atoms with E-state index in [1.54, 1.807) is 25.2 Å². The Kier molecular flexibility index (Phi) is 7.23. The van der Waals surface area contributed by atoms with Crippen LogP contribution in [0.5, 0.6) is 11.5 Å². The van der Waals surface area contributed by atoms with E-state index in [0.29, 0.717) is 32.3 Å². The molecule has 7 rings (SSSR count). The summed E-state index contributed by atoms with van der Waals surface area (Å²) in [5.41, 5.74) is 10.4. The molecule has 0 spiro atoms. The number of thiophene rings is 1. The lowest BCUT2D eigenvalue weighted by Gasteiger charge is -2.17. The molecule has 6 aromatic rings. The number of nitrogens with two attached hydrogens (primary N) is 1. The van der Waals surface area contributed by atoms with Crippen LogP contribution in [0.25, 0.3) is 43.4 Å². The summed E-state index contributed by atoms with van der Waals surface area (Å²) in [6.45, 7) is 1.77. The number of ether oxygens (including phenoxy) is 2. The number of carbonyl (C=O) groups excluding carboxylic acids is 1. The summed E-state index contributed by atoms with van der Waals surface area (Å²) in [5.74, 6) is 1.12. The number of aromatic nitrogens is 3. The van der Waals surface area contributed by atoms with Gasteiger partial charge in [-0.05, 0) is 53.8 Å². The van der Waals surface area contributed by atoms with Gasteiger partial charge in [0.25, 0.3) is 12.1 Å². The maximum absolute atomic E-state index is 13.6. The summed E-state index contributed by atoms with van der Waals surface area (Å²) >= 11 is 1.24. The second kappa shape index (κ2) is 11.5. The van der Waals surface area contributed by atoms with Crippen LogP contribution in [0.2, 0.25) is 0 Å². The first-order valence-electron chi connectivity index (χ1n) is 14.4. The van der Waals surface area contributed by atoms with Gasteiger partial charge in [0.2, 0.25) is 5.27 Å². The van der Waals surface area contributed by atoms with Crippen molar-refractivity contribution in [1.82, 2.24) is 10.3 Å². The zero-order chi connectivity index (χ0) is 30.2. The van der Waals surface area contributed by atoms with Crippen molar-refractivity contribution in [2.75, 3.05) is 43.4 Å². The molecule has 3 N–H and O–H groups in total. The van der Waals surface area contributed by atoms with E-state index in [-0.39, 0.29) is 5.88 Å². The van der Waals surface area contributed by atoms with Crippen LogP contribution in [0, 0.1) is 0 Å². The van der Waals surface area contributed by atoms with Crippen molar-refractivity contribution < 1.29 is 23.6 Å². The summed E-state index contributed by atoms with van der Waals surface area (Å²) in [7, 11) is 3.23. The van der Waals surface area contributed by atoms with E-state index in [9.17, 15) is 4.79 Å². The number of nitrogens with one attached hydrogen (secondary N) is 1. The van der Waals surface area contributed by atoms with Gasteiger partial charge in [-0.3, -0.25) is 14.6 Å². The van der Waals surface area contributed by atoms with Gasteiger partial charge in [0, 0.05) is 22.6 Å². The van der Waals surface area contributed by atoms with Crippen LogP contribution >= 0.6 is 11.3 Å². The van der Waals surface area contributed by atoms with E-state index in [4.69, 9.17) is 24.7 Å². The van der Waals surface area contributed by atoms with E-state index >= 15 is 0 Å². The third-order valence-electron chi connectivity index (χ3n) is 7.98. The highest BCUT2D eigenvalue weighted by Gasteiger charge is 2.27. The molecule has 1 aliphatic heterocycles. The lowest BCUT2D eigenvalue weighted by molar-refractivity contribution is -0.759. The zero-order valence-electron chi connectivity index (χ0n) is 24.4. The number of nitrogens with zero attached hydrogens (tertiary/aromatic N) is 4. The van der Waals surface area contributed by atoms with Crippen molar-refractivity contribution in [2.24, 2.45) is 0 Å². The van der Waals surface area contributed by atoms with E-state index in [1.807, 2.05) is 42.5 Å². The molecule has 0 saturated carbocycles. The molecule has 10 nitrogen and oxygen atoms in total. The van der Waals surface area contributed by atoms with Crippen LogP contribution in [0.1, 0.15) is 28.9 Å². The van der Waals surface area contributed by atoms with Gasteiger partial charge < -0.3 is 15.2 Å². The molecule has 4 heterocycles. The molecule has 1 amide bonds. The standard InChI is InChI=1S/C33H30N6O4S/c1-41-21-13-14-24(27(17-21)42-2)25-18-26(23-12-8-10-20-9-4-5-11-22(20)23)35-33-29(25)30(34)31(44-33)32(40)36-28-19-39(37-43-28)38-15-6-3-7-16-38/h4-5,8-14,17-19H,3,6-7,15-16H2,1-2H3,(H2-,34,36,37,40)/p+1. The third kappa shape index (κ3) is 4.94. The summed E-state index contributed by atoms with van der Waals surface area (Å²) in [6, 6.07) is 22.0. The molecule has 1 saturated heterocycles. The van der Waals surface area contributed by atoms with Gasteiger partial charge in [0.1, 0.15) is 21.2 Å². The fourth-order valence-corrected chi connectivity index (χ4v) is 6.80. The fraction of sp³-hybridized carbons (Fsp3) is 0.212. The zero-order valence-corrected chi connectivity index (χ0v) is 25.2. The molecule has 0 bridgehead atoms. The molecule has 3 aromatic heterocycles. The van der Waals surface area contributed by atoms with Crippen molar-refractivity contribution in [3.05, 3.63) is 77.8 Å². The highest BCUT2D eigenvalue weighted by atomic mass is 32.1. The van der Waals surface area contributed by atoms with Crippen molar-refractivity contribution in [2.45, 2.75) is 19.3 Å². The normalized spacial score (nSPS) is 13.4. The molecule has 3 aromatic carbocycles. The number of amides is 1. The highest BCUT2D eigenvalue weighted by Crippen LogP contribution is 2.45. The monoisotopic (exact) mass is 607 g/mol. The second-order valence-corrected chi connectivity index (χ2v) is 11.6. The number of carbonyl (C=O) groups is 1. The first-order chi connectivity index (χ1) is 21.5. The average Bonchev–Trinajstić information content (AvgIpc) is 3.68. The maximum Gasteiger partial charge on any atom is 0.306 e. The van der Waals surface area contributed by atoms with E-state index in [0.717, 1.165) is 59.1 Å². The SMILES string of the molecule is COc1ccc(-c2cc(-c3cccc4ccccc34)nc3sc(C(=O)Nc4c[n+](N5CCCCC5)no4)c(N)c23)c(OC)c1. The number of piperidine rings is 1. The molecular formula is C33H31N6O4S+. The summed E-state index contributed by atoms with van der Waals surface area (Å²) < 4.78 is 16.7. The molecule has 44 heavy (non-hydrogen) atoms. The molecule has 11 heteroatoms. The lowest BCUT2D eigenvalue weighted by atomic mass is 9.96. The predicted octanol–water partition coefficient (Wildman–Crippen LogP) is 6.03. The number of pyridine rings is 1. The van der Waals surface area contributed by atoms with E-state index in [1.165, 1.54) is 17.8 Å². The van der Waals surface area contributed by atoms with Crippen LogP contribution < -0.4 is 30.3 Å². The van der Waals surface area contributed by atoms with Crippen molar-refractivity contribution in [3.63, 3.8) is 0 Å². The number of anilines is 2. The second-order valence-electron chi connectivity index (χ2n) is 10.6. The number of hydrogen-bond acceptors (Lipinski definition) is 9. The largest absolute Gasteiger partial charge is 0.497 e. The molecular weight excluding hydrogens is 576 g/mol. The Hall–Kier alpha value is -5.16. The van der Waals surface area contributed by atoms with Crippen molar-refractivity contribution in [1.29, 1.82) is 0 Å². The smallest absolute Gasteiger partial charge is 0.306 e. The molecule has 222 valence electrons. The Morgan fingerprint density at radius 1 is 0.977 bits per heavy atom. The number of methoxy groups -OCH3 is 2. The van der Waals surface area contributed by atoms with Gasteiger partial charge in [0.15, 0.2) is 0 Å². The van der Waals surface area contributed by atoms with Crippen LogP contribution in [0.4, 0.5) is 11.6 Å². The molecule has 1 aliphatic rings. The van der Waals surface area contributed by atoms with E-state index < -0.39 is 5.91 Å². The van der Waals surface area contributed by atoms with Crippen molar-refractivity contribution >= 4 is 49.8 Å². The number of fused-ring (bicyclic) bond motifs is 2. The summed E-state index contributed by atoms with van der Waals surface area (Å²) in [5, 5.41) is 11.9. The minimum atomic E-state index is -0.396. The summed E-state index contributed by atoms with van der Waals surface area (Å²) in [6.07, 6.45) is 5.06. The minimum absolute atomic E-state index is 0.235. The van der Waals surface area contributed by atoms with Crippen LogP contribution in [0.15, 0.2) is 77.4 Å². The number of nitrogen functional groups attached to an aromatic ring is 1. The fourth-order valence-electron chi connectivity index (χ4n) is 5.79. The van der Waals surface area contributed by atoms with Gasteiger partial charge in [-0.2, -0.15) is 5.01 Å². The number of hydrogen-bond donors (Lipinski definition) is 2. The highest BCUT2D eigenvalue weighted by molar-refractivity contribution is 7.21. The topological polar surface area (TPSA) is 120 Å². The van der Waals surface area contributed by atoms with E-state index in [2.05, 4.69) is 39.9 Å².